The second-order valence-electron chi connectivity index (χ2n) is 8.20. The molecule has 0 spiro atoms. The van der Waals surface area contributed by atoms with Gasteiger partial charge < -0.3 is 20.5 Å². The SMILES string of the molecule is Cc1cc(Nc2cc(=O)cc[nH]2)nc(-c2cnc(C3(O)CC[C@@H](C(=O)O)C(C)C3)s2)c1. The third-order valence-electron chi connectivity index (χ3n) is 5.69. The van der Waals surface area contributed by atoms with Crippen molar-refractivity contribution < 1.29 is 15.0 Å². The molecule has 0 aromatic carbocycles. The van der Waals surface area contributed by atoms with Crippen LogP contribution >= 0.6 is 11.3 Å². The first-order chi connectivity index (χ1) is 14.7. The fourth-order valence-electron chi connectivity index (χ4n) is 4.14. The second-order valence-corrected chi connectivity index (χ2v) is 9.23. The molecule has 0 amide bonds. The monoisotopic (exact) mass is 440 g/mol. The molecule has 9 heteroatoms. The van der Waals surface area contributed by atoms with Gasteiger partial charge in [-0.25, -0.2) is 9.97 Å². The number of H-pyrrole nitrogens is 1. The minimum Gasteiger partial charge on any atom is -0.481 e. The summed E-state index contributed by atoms with van der Waals surface area (Å²) in [6.07, 6.45) is 4.43. The van der Waals surface area contributed by atoms with Gasteiger partial charge in [-0.15, -0.1) is 11.3 Å². The number of nitrogens with one attached hydrogen (secondary N) is 2. The number of anilines is 2. The molecule has 0 saturated heterocycles. The zero-order valence-electron chi connectivity index (χ0n) is 17.3. The minimum absolute atomic E-state index is 0.110. The first kappa shape index (κ1) is 21.2. The Hall–Kier alpha value is -3.04. The van der Waals surface area contributed by atoms with E-state index in [-0.39, 0.29) is 11.3 Å². The Balaban J connectivity index is 1.58. The summed E-state index contributed by atoms with van der Waals surface area (Å²) in [6, 6.07) is 6.71. The number of rotatable bonds is 5. The van der Waals surface area contributed by atoms with Crippen molar-refractivity contribution in [2.75, 3.05) is 5.32 Å². The molecular weight excluding hydrogens is 416 g/mol. The lowest BCUT2D eigenvalue weighted by molar-refractivity contribution is -0.148. The number of aliphatic carboxylic acids is 1. The summed E-state index contributed by atoms with van der Waals surface area (Å²) >= 11 is 1.37. The fraction of sp³-hybridized carbons (Fsp3) is 0.364. The van der Waals surface area contributed by atoms with Crippen LogP contribution in [-0.4, -0.2) is 31.1 Å². The Morgan fingerprint density at radius 1 is 1.35 bits per heavy atom. The Morgan fingerprint density at radius 3 is 2.87 bits per heavy atom. The summed E-state index contributed by atoms with van der Waals surface area (Å²) in [4.78, 5) is 35.8. The van der Waals surface area contributed by atoms with Crippen molar-refractivity contribution in [3.63, 3.8) is 0 Å². The molecule has 8 nitrogen and oxygen atoms in total. The van der Waals surface area contributed by atoms with Gasteiger partial charge in [-0.1, -0.05) is 6.92 Å². The van der Waals surface area contributed by atoms with Crippen molar-refractivity contribution in [2.24, 2.45) is 11.8 Å². The molecule has 1 aliphatic rings. The third kappa shape index (κ3) is 4.52. The average molecular weight is 441 g/mol. The Morgan fingerprint density at radius 2 is 2.16 bits per heavy atom. The van der Waals surface area contributed by atoms with Crippen molar-refractivity contribution in [2.45, 2.75) is 38.7 Å². The molecule has 4 rings (SSSR count). The van der Waals surface area contributed by atoms with Gasteiger partial charge in [0.05, 0.1) is 16.5 Å². The maximum atomic E-state index is 11.6. The first-order valence-corrected chi connectivity index (χ1v) is 10.9. The number of hydrogen-bond acceptors (Lipinski definition) is 7. The number of nitrogens with zero attached hydrogens (tertiary/aromatic N) is 2. The van der Waals surface area contributed by atoms with E-state index in [2.05, 4.69) is 20.3 Å². The molecule has 2 unspecified atom stereocenters. The van der Waals surface area contributed by atoms with Gasteiger partial charge in [0.25, 0.3) is 0 Å². The normalized spacial score (nSPS) is 23.5. The van der Waals surface area contributed by atoms with Crippen molar-refractivity contribution in [3.05, 3.63) is 57.5 Å². The number of pyridine rings is 2. The first-order valence-electron chi connectivity index (χ1n) is 10.1. The largest absolute Gasteiger partial charge is 0.481 e. The maximum absolute atomic E-state index is 11.6. The fourth-order valence-corrected chi connectivity index (χ4v) is 5.14. The number of aliphatic hydroxyl groups is 1. The summed E-state index contributed by atoms with van der Waals surface area (Å²) in [5.41, 5.74) is 0.458. The molecule has 3 aromatic rings. The molecule has 3 heterocycles. The van der Waals surface area contributed by atoms with Crippen molar-refractivity contribution in [1.29, 1.82) is 0 Å². The molecule has 162 valence electrons. The van der Waals surface area contributed by atoms with Gasteiger partial charge >= 0.3 is 5.97 Å². The summed E-state index contributed by atoms with van der Waals surface area (Å²) in [5, 5.41) is 24.2. The van der Waals surface area contributed by atoms with Gasteiger partial charge in [0, 0.05) is 24.5 Å². The summed E-state index contributed by atoms with van der Waals surface area (Å²) < 4.78 is 0. The van der Waals surface area contributed by atoms with E-state index in [4.69, 9.17) is 0 Å². The van der Waals surface area contributed by atoms with E-state index in [0.29, 0.717) is 41.6 Å². The molecule has 1 saturated carbocycles. The van der Waals surface area contributed by atoms with Crippen LogP contribution in [0, 0.1) is 18.8 Å². The van der Waals surface area contributed by atoms with Crippen LogP contribution < -0.4 is 10.7 Å². The Labute approximate surface area is 183 Å². The zero-order chi connectivity index (χ0) is 22.2. The van der Waals surface area contributed by atoms with Crippen LogP contribution in [0.3, 0.4) is 0 Å². The van der Waals surface area contributed by atoms with Crippen LogP contribution in [0.2, 0.25) is 0 Å². The smallest absolute Gasteiger partial charge is 0.306 e. The van der Waals surface area contributed by atoms with Crippen LogP contribution in [0.4, 0.5) is 11.6 Å². The lowest BCUT2D eigenvalue weighted by Crippen LogP contribution is -2.38. The molecular formula is C22H24N4O4S. The molecule has 0 bridgehead atoms. The van der Waals surface area contributed by atoms with E-state index in [9.17, 15) is 19.8 Å². The topological polar surface area (TPSA) is 128 Å². The van der Waals surface area contributed by atoms with E-state index in [1.54, 1.807) is 12.4 Å². The predicted octanol–water partition coefficient (Wildman–Crippen LogP) is 3.65. The lowest BCUT2D eigenvalue weighted by Gasteiger charge is -2.37. The number of aromatic nitrogens is 3. The Kier molecular flexibility index (Phi) is 5.63. The van der Waals surface area contributed by atoms with Crippen molar-refractivity contribution >= 4 is 28.9 Å². The number of carboxylic acid groups (broad SMARTS) is 1. The quantitative estimate of drug-likeness (QED) is 0.477. The van der Waals surface area contributed by atoms with Gasteiger partial charge in [-0.3, -0.25) is 9.59 Å². The van der Waals surface area contributed by atoms with Gasteiger partial charge in [-0.05, 0) is 49.8 Å². The van der Waals surface area contributed by atoms with Crippen LogP contribution in [0.5, 0.6) is 0 Å². The van der Waals surface area contributed by atoms with Crippen LogP contribution in [0.15, 0.2) is 41.5 Å². The van der Waals surface area contributed by atoms with Crippen LogP contribution in [-0.2, 0) is 10.4 Å². The molecule has 3 atom stereocenters. The number of aryl methyl sites for hydroxylation is 1. The second kappa shape index (κ2) is 8.24. The highest BCUT2D eigenvalue weighted by Crippen LogP contribution is 2.45. The van der Waals surface area contributed by atoms with E-state index in [1.165, 1.54) is 23.5 Å². The molecule has 31 heavy (non-hydrogen) atoms. The molecule has 1 fully saturated rings. The summed E-state index contributed by atoms with van der Waals surface area (Å²) in [6.45, 7) is 3.82. The highest BCUT2D eigenvalue weighted by molar-refractivity contribution is 7.15. The van der Waals surface area contributed by atoms with E-state index >= 15 is 0 Å². The lowest BCUT2D eigenvalue weighted by atomic mass is 9.72. The molecule has 1 aliphatic carbocycles. The third-order valence-corrected chi connectivity index (χ3v) is 6.91. The van der Waals surface area contributed by atoms with E-state index in [1.807, 2.05) is 26.0 Å². The van der Waals surface area contributed by atoms with Crippen LogP contribution in [0.25, 0.3) is 10.6 Å². The number of carbonyl (C=O) groups is 1. The minimum atomic E-state index is -1.12. The predicted molar refractivity (Wildman–Crippen MR) is 118 cm³/mol. The summed E-state index contributed by atoms with van der Waals surface area (Å²) in [5.74, 6) is -0.250. The number of thiazole rings is 1. The zero-order valence-corrected chi connectivity index (χ0v) is 18.1. The van der Waals surface area contributed by atoms with Crippen molar-refractivity contribution in [1.82, 2.24) is 15.0 Å². The Bertz CT molecular complexity index is 1170. The number of carboxylic acids is 1. The number of hydrogen-bond donors (Lipinski definition) is 4. The van der Waals surface area contributed by atoms with Gasteiger partial charge in [-0.2, -0.15) is 0 Å². The van der Waals surface area contributed by atoms with Gasteiger partial charge in [0.15, 0.2) is 5.43 Å². The standard InChI is InChI=1S/C22H24N4O4S/c1-12-7-16(25-19(8-12)26-18-9-14(27)4-6-23-18)17-11-24-21(31-17)22(30)5-3-15(20(28)29)13(2)10-22/h4,6-9,11,13,15,30H,3,5,10H2,1-2H3,(H,28,29)(H2,23,25,26,27)/t13?,15-,22?/m1/s1. The van der Waals surface area contributed by atoms with E-state index < -0.39 is 17.5 Å². The molecule has 0 radical (unpaired) electrons. The number of aromatic amines is 1. The maximum Gasteiger partial charge on any atom is 0.306 e. The summed E-state index contributed by atoms with van der Waals surface area (Å²) in [7, 11) is 0. The average Bonchev–Trinajstić information content (AvgIpc) is 3.18. The molecule has 4 N–H and O–H groups in total. The molecule has 3 aromatic heterocycles. The van der Waals surface area contributed by atoms with E-state index in [0.717, 1.165) is 10.4 Å². The highest BCUT2D eigenvalue weighted by atomic mass is 32.1. The van der Waals surface area contributed by atoms with Crippen LogP contribution in [0.1, 0.15) is 36.8 Å². The van der Waals surface area contributed by atoms with Gasteiger partial charge in [0.2, 0.25) is 0 Å². The molecule has 0 aliphatic heterocycles. The van der Waals surface area contributed by atoms with Crippen molar-refractivity contribution in [3.8, 4) is 10.6 Å². The van der Waals surface area contributed by atoms with Gasteiger partial charge in [0.1, 0.15) is 22.2 Å². The highest BCUT2D eigenvalue weighted by Gasteiger charge is 2.43.